The van der Waals surface area contributed by atoms with E-state index in [2.05, 4.69) is 40.8 Å². The van der Waals surface area contributed by atoms with Crippen molar-refractivity contribution in [3.8, 4) is 0 Å². The number of aryl methyl sites for hydroxylation is 1. The van der Waals surface area contributed by atoms with E-state index in [4.69, 9.17) is 9.72 Å². The summed E-state index contributed by atoms with van der Waals surface area (Å²) in [4.78, 5) is 26.4. The van der Waals surface area contributed by atoms with Gasteiger partial charge in [0.2, 0.25) is 5.78 Å². The van der Waals surface area contributed by atoms with Gasteiger partial charge in [-0.25, -0.2) is 4.98 Å². The van der Waals surface area contributed by atoms with Crippen LogP contribution in [-0.2, 0) is 4.74 Å². The molecule has 4 rings (SSSR count). The number of piperazine rings is 1. The van der Waals surface area contributed by atoms with Crippen LogP contribution in [0, 0.1) is 12.3 Å². The smallest absolute Gasteiger partial charge is 0.206 e. The van der Waals surface area contributed by atoms with Crippen molar-refractivity contribution >= 4 is 22.5 Å². The highest BCUT2D eigenvalue weighted by atomic mass is 16.5. The molecule has 7 heteroatoms. The highest BCUT2D eigenvalue weighted by Crippen LogP contribution is 2.43. The maximum atomic E-state index is 13.6. The summed E-state index contributed by atoms with van der Waals surface area (Å²) in [5.41, 5.74) is 2.79. The van der Waals surface area contributed by atoms with Gasteiger partial charge < -0.3 is 24.6 Å². The van der Waals surface area contributed by atoms with Crippen LogP contribution in [-0.4, -0.2) is 77.8 Å². The molecular weight excluding hydrogens is 392 g/mol. The van der Waals surface area contributed by atoms with Crippen LogP contribution in [0.3, 0.4) is 0 Å². The number of aliphatic hydroxyl groups is 1. The number of Topliss-reactive ketones (excluding diaryl/α,β-unsaturated/α-hetero) is 1. The third-order valence-corrected chi connectivity index (χ3v) is 7.36. The van der Waals surface area contributed by atoms with E-state index < -0.39 is 11.0 Å². The molecule has 1 aromatic heterocycles. The number of nitrogens with zero attached hydrogens (tertiary/aromatic N) is 3. The number of carbonyl (C=O) groups excluding carboxylic acids is 1. The third kappa shape index (κ3) is 4.36. The second kappa shape index (κ2) is 8.52. The Labute approximate surface area is 184 Å². The fraction of sp³-hybridized carbons (Fsp3) is 0.667. The van der Waals surface area contributed by atoms with Crippen molar-refractivity contribution in [2.45, 2.75) is 52.1 Å². The van der Waals surface area contributed by atoms with Crippen molar-refractivity contribution in [2.24, 2.45) is 5.41 Å². The first-order valence-electron chi connectivity index (χ1n) is 11.5. The summed E-state index contributed by atoms with van der Waals surface area (Å²) in [6, 6.07) is 4.23. The Morgan fingerprint density at radius 1 is 1.19 bits per heavy atom. The molecule has 1 aliphatic heterocycles. The Morgan fingerprint density at radius 3 is 2.48 bits per heavy atom. The predicted molar refractivity (Wildman–Crippen MR) is 123 cm³/mol. The number of rotatable bonds is 6. The van der Waals surface area contributed by atoms with E-state index in [1.165, 1.54) is 11.3 Å². The highest BCUT2D eigenvalue weighted by Gasteiger charge is 2.46. The van der Waals surface area contributed by atoms with E-state index >= 15 is 0 Å². The standard InChI is InChI=1S/C24H36N4O3/c1-5-27-10-12-28(13-11-27)20-15-19-18(14-17(20)2)25-22(26-19)21(29)24(16-31-4)8-6-23(3,30)7-9-24/h14-15,30H,5-13,16H2,1-4H3,(H,25,26). The Hall–Kier alpha value is -1.96. The maximum absolute atomic E-state index is 13.6. The lowest BCUT2D eigenvalue weighted by Crippen LogP contribution is -2.46. The minimum atomic E-state index is -0.709. The van der Waals surface area contributed by atoms with Gasteiger partial charge in [-0.2, -0.15) is 0 Å². The van der Waals surface area contributed by atoms with Crippen LogP contribution in [0.2, 0.25) is 0 Å². The average Bonchev–Trinajstić information content (AvgIpc) is 3.17. The summed E-state index contributed by atoms with van der Waals surface area (Å²) in [5, 5.41) is 10.4. The fourth-order valence-corrected chi connectivity index (χ4v) is 5.14. The van der Waals surface area contributed by atoms with Crippen molar-refractivity contribution in [3.63, 3.8) is 0 Å². The Kier molecular flexibility index (Phi) is 6.12. The first kappa shape index (κ1) is 22.2. The molecule has 2 heterocycles. The number of H-pyrrole nitrogens is 1. The van der Waals surface area contributed by atoms with Gasteiger partial charge in [-0.1, -0.05) is 6.92 Å². The molecule has 0 amide bonds. The SMILES string of the molecule is CCN1CCN(c2cc3nc(C(=O)C4(COC)CCC(C)(O)CC4)[nH]c3cc2C)CC1. The quantitative estimate of drug-likeness (QED) is 0.688. The maximum Gasteiger partial charge on any atom is 0.206 e. The normalized spacial score (nSPS) is 27.7. The van der Waals surface area contributed by atoms with Gasteiger partial charge in [0.05, 0.1) is 28.7 Å². The number of nitrogens with one attached hydrogen (secondary N) is 1. The van der Waals surface area contributed by atoms with Gasteiger partial charge in [0, 0.05) is 39.0 Å². The van der Waals surface area contributed by atoms with Gasteiger partial charge in [0.15, 0.2) is 5.82 Å². The lowest BCUT2D eigenvalue weighted by atomic mass is 9.67. The average molecular weight is 429 g/mol. The number of anilines is 1. The number of methoxy groups -OCH3 is 1. The van der Waals surface area contributed by atoms with Crippen molar-refractivity contribution < 1.29 is 14.6 Å². The van der Waals surface area contributed by atoms with Crippen molar-refractivity contribution in [2.75, 3.05) is 51.3 Å². The second-order valence-electron chi connectivity index (χ2n) is 9.70. The lowest BCUT2D eigenvalue weighted by molar-refractivity contribution is -0.0333. The first-order chi connectivity index (χ1) is 14.8. The first-order valence-corrected chi connectivity index (χ1v) is 11.5. The van der Waals surface area contributed by atoms with Crippen LogP contribution in [0.1, 0.15) is 55.7 Å². The summed E-state index contributed by atoms with van der Waals surface area (Å²) >= 11 is 0. The molecule has 0 radical (unpaired) electrons. The third-order valence-electron chi connectivity index (χ3n) is 7.36. The van der Waals surface area contributed by atoms with Gasteiger partial charge in [-0.15, -0.1) is 0 Å². The van der Waals surface area contributed by atoms with Crippen LogP contribution in [0.5, 0.6) is 0 Å². The second-order valence-corrected chi connectivity index (χ2v) is 9.70. The molecular formula is C24H36N4O3. The molecule has 170 valence electrons. The van der Waals surface area contributed by atoms with E-state index in [1.807, 2.05) is 6.92 Å². The number of imidazole rings is 1. The number of ketones is 1. The molecule has 1 aliphatic carbocycles. The monoisotopic (exact) mass is 428 g/mol. The van der Waals surface area contributed by atoms with E-state index in [9.17, 15) is 9.90 Å². The molecule has 0 unspecified atom stereocenters. The zero-order valence-corrected chi connectivity index (χ0v) is 19.3. The number of likely N-dealkylation sites (N-methyl/N-ethyl adjacent to an activating group) is 1. The van der Waals surface area contributed by atoms with Crippen molar-refractivity contribution in [3.05, 3.63) is 23.5 Å². The molecule has 1 saturated heterocycles. The Bertz CT molecular complexity index is 934. The van der Waals surface area contributed by atoms with Crippen LogP contribution < -0.4 is 4.90 Å². The largest absolute Gasteiger partial charge is 0.390 e. The van der Waals surface area contributed by atoms with Gasteiger partial charge in [-0.05, 0) is 63.8 Å². The van der Waals surface area contributed by atoms with Gasteiger partial charge >= 0.3 is 0 Å². The molecule has 0 spiro atoms. The van der Waals surface area contributed by atoms with Gasteiger partial charge in [-0.3, -0.25) is 4.79 Å². The fourth-order valence-electron chi connectivity index (χ4n) is 5.14. The topological polar surface area (TPSA) is 81.7 Å². The summed E-state index contributed by atoms with van der Waals surface area (Å²) in [7, 11) is 1.63. The number of hydrogen-bond donors (Lipinski definition) is 2. The molecule has 7 nitrogen and oxygen atoms in total. The lowest BCUT2D eigenvalue weighted by Gasteiger charge is -2.40. The van der Waals surface area contributed by atoms with Crippen molar-refractivity contribution in [1.82, 2.24) is 14.9 Å². The summed E-state index contributed by atoms with van der Waals surface area (Å²) < 4.78 is 5.45. The molecule has 2 aromatic rings. The predicted octanol–water partition coefficient (Wildman–Crippen LogP) is 3.15. The number of aromatic amines is 1. The van der Waals surface area contributed by atoms with Crippen LogP contribution in [0.25, 0.3) is 11.0 Å². The zero-order valence-electron chi connectivity index (χ0n) is 19.3. The van der Waals surface area contributed by atoms with E-state index in [-0.39, 0.29) is 5.78 Å². The Morgan fingerprint density at radius 2 is 1.87 bits per heavy atom. The highest BCUT2D eigenvalue weighted by molar-refractivity contribution is 6.00. The molecule has 1 aromatic carbocycles. The number of benzene rings is 1. The minimum Gasteiger partial charge on any atom is -0.390 e. The molecule has 2 aliphatic rings. The molecule has 2 N–H and O–H groups in total. The zero-order chi connectivity index (χ0) is 22.2. The molecule has 1 saturated carbocycles. The van der Waals surface area contributed by atoms with E-state index in [0.29, 0.717) is 38.1 Å². The van der Waals surface area contributed by atoms with Crippen LogP contribution in [0.4, 0.5) is 5.69 Å². The minimum absolute atomic E-state index is 0.00295. The van der Waals surface area contributed by atoms with Crippen LogP contribution in [0.15, 0.2) is 12.1 Å². The van der Waals surface area contributed by atoms with Crippen LogP contribution >= 0.6 is 0 Å². The van der Waals surface area contributed by atoms with E-state index in [0.717, 1.165) is 43.8 Å². The summed E-state index contributed by atoms with van der Waals surface area (Å²) in [6.45, 7) is 11.8. The Balaban J connectivity index is 1.60. The van der Waals surface area contributed by atoms with Crippen molar-refractivity contribution in [1.29, 1.82) is 0 Å². The molecule has 2 fully saturated rings. The number of ether oxygens (including phenoxy) is 1. The number of aromatic nitrogens is 2. The van der Waals surface area contributed by atoms with Gasteiger partial charge in [0.1, 0.15) is 0 Å². The number of carbonyl (C=O) groups is 1. The summed E-state index contributed by atoms with van der Waals surface area (Å²) in [5.74, 6) is 0.401. The van der Waals surface area contributed by atoms with Gasteiger partial charge in [0.25, 0.3) is 0 Å². The summed E-state index contributed by atoms with van der Waals surface area (Å²) in [6.07, 6.45) is 2.40. The molecule has 0 bridgehead atoms. The number of hydrogen-bond acceptors (Lipinski definition) is 6. The molecule has 0 atom stereocenters. The molecule has 31 heavy (non-hydrogen) atoms. The number of fused-ring (bicyclic) bond motifs is 1. The van der Waals surface area contributed by atoms with E-state index in [1.54, 1.807) is 7.11 Å².